The van der Waals surface area contributed by atoms with Gasteiger partial charge in [-0.15, -0.1) is 0 Å². The average molecular weight is 371 g/mol. The number of aromatic nitrogens is 1. The fourth-order valence-electron chi connectivity index (χ4n) is 2.77. The molecule has 0 atom stereocenters. The normalized spacial score (nSPS) is 11.8. The van der Waals surface area contributed by atoms with E-state index in [2.05, 4.69) is 16.8 Å². The van der Waals surface area contributed by atoms with Crippen LogP contribution in [0.1, 0.15) is 17.3 Å². The maximum Gasteiger partial charge on any atom is 0.255 e. The topological polar surface area (TPSA) is 71.4 Å². The number of benzene rings is 2. The fraction of sp³-hybridized carbons (Fsp3) is 0.211. The van der Waals surface area contributed by atoms with Crippen molar-refractivity contribution in [1.29, 1.82) is 0 Å². The van der Waals surface area contributed by atoms with Crippen LogP contribution in [0.3, 0.4) is 0 Å². The van der Waals surface area contributed by atoms with Crippen molar-refractivity contribution in [3.63, 3.8) is 0 Å². The van der Waals surface area contributed by atoms with E-state index in [1.165, 1.54) is 26.2 Å². The van der Waals surface area contributed by atoms with Crippen LogP contribution in [0, 0.1) is 0 Å². The molecule has 3 aromatic rings. The first-order valence-corrected chi connectivity index (χ1v) is 9.70. The smallest absolute Gasteiger partial charge is 0.255 e. The highest BCUT2D eigenvalue weighted by Crippen LogP contribution is 2.22. The molecule has 0 bridgehead atoms. The molecule has 136 valence electrons. The van der Waals surface area contributed by atoms with E-state index >= 15 is 0 Å². The van der Waals surface area contributed by atoms with Crippen LogP contribution in [0.4, 0.5) is 5.69 Å². The summed E-state index contributed by atoms with van der Waals surface area (Å²) >= 11 is 0. The summed E-state index contributed by atoms with van der Waals surface area (Å²) < 4.78 is 27.7. The Morgan fingerprint density at radius 2 is 1.88 bits per heavy atom. The predicted molar refractivity (Wildman–Crippen MR) is 103 cm³/mol. The largest absolute Gasteiger partial charge is 0.348 e. The number of carbonyl (C=O) groups is 1. The van der Waals surface area contributed by atoms with Gasteiger partial charge in [-0.2, -0.15) is 0 Å². The number of aryl methyl sites for hydroxylation is 1. The summed E-state index contributed by atoms with van der Waals surface area (Å²) in [7, 11) is -0.668. The van der Waals surface area contributed by atoms with Crippen molar-refractivity contribution in [3.05, 3.63) is 60.3 Å². The van der Waals surface area contributed by atoms with E-state index in [1.807, 2.05) is 30.5 Å². The van der Waals surface area contributed by atoms with Gasteiger partial charge >= 0.3 is 0 Å². The first-order chi connectivity index (χ1) is 12.3. The SMILES string of the molecule is CCn1ccc2cc(NC(=O)c3cccc(S(=O)(=O)N(C)C)c3)ccc21. The zero-order valence-electron chi connectivity index (χ0n) is 14.9. The van der Waals surface area contributed by atoms with Gasteiger partial charge in [0.25, 0.3) is 5.91 Å². The van der Waals surface area contributed by atoms with Gasteiger partial charge in [0.2, 0.25) is 10.0 Å². The monoisotopic (exact) mass is 371 g/mol. The predicted octanol–water partition coefficient (Wildman–Crippen LogP) is 3.16. The maximum atomic E-state index is 12.5. The molecule has 0 spiro atoms. The molecule has 0 unspecified atom stereocenters. The Labute approximate surface area is 153 Å². The summed E-state index contributed by atoms with van der Waals surface area (Å²) in [6, 6.07) is 13.7. The van der Waals surface area contributed by atoms with Crippen LogP contribution in [-0.2, 0) is 16.6 Å². The van der Waals surface area contributed by atoms with Gasteiger partial charge in [-0.1, -0.05) is 6.07 Å². The minimum atomic E-state index is -3.58. The Morgan fingerprint density at radius 1 is 1.12 bits per heavy atom. The van der Waals surface area contributed by atoms with Crippen LogP contribution in [0.2, 0.25) is 0 Å². The van der Waals surface area contributed by atoms with Crippen LogP contribution >= 0.6 is 0 Å². The highest BCUT2D eigenvalue weighted by atomic mass is 32.2. The lowest BCUT2D eigenvalue weighted by Gasteiger charge is -2.12. The third kappa shape index (κ3) is 3.36. The molecule has 1 N–H and O–H groups in total. The number of hydrogen-bond acceptors (Lipinski definition) is 3. The third-order valence-electron chi connectivity index (χ3n) is 4.24. The van der Waals surface area contributed by atoms with Crippen LogP contribution in [-0.4, -0.2) is 37.3 Å². The Balaban J connectivity index is 1.86. The summed E-state index contributed by atoms with van der Waals surface area (Å²) in [4.78, 5) is 12.6. The highest BCUT2D eigenvalue weighted by Gasteiger charge is 2.18. The summed E-state index contributed by atoms with van der Waals surface area (Å²) in [6.45, 7) is 2.95. The number of carbonyl (C=O) groups excluding carboxylic acids is 1. The van der Waals surface area contributed by atoms with Crippen molar-refractivity contribution in [2.45, 2.75) is 18.4 Å². The Morgan fingerprint density at radius 3 is 2.58 bits per heavy atom. The molecule has 1 aromatic heterocycles. The molecule has 7 heteroatoms. The van der Waals surface area contributed by atoms with Crippen LogP contribution in [0.25, 0.3) is 10.9 Å². The zero-order chi connectivity index (χ0) is 18.9. The van der Waals surface area contributed by atoms with E-state index in [9.17, 15) is 13.2 Å². The number of rotatable bonds is 5. The second-order valence-corrected chi connectivity index (χ2v) is 8.30. The van der Waals surface area contributed by atoms with Crippen LogP contribution in [0.5, 0.6) is 0 Å². The second kappa shape index (κ2) is 6.93. The number of sulfonamides is 1. The highest BCUT2D eigenvalue weighted by molar-refractivity contribution is 7.89. The van der Waals surface area contributed by atoms with Crippen molar-refractivity contribution in [2.75, 3.05) is 19.4 Å². The minimum Gasteiger partial charge on any atom is -0.348 e. The van der Waals surface area contributed by atoms with E-state index in [4.69, 9.17) is 0 Å². The van der Waals surface area contributed by atoms with E-state index in [0.29, 0.717) is 11.3 Å². The van der Waals surface area contributed by atoms with Gasteiger partial charge < -0.3 is 9.88 Å². The maximum absolute atomic E-state index is 12.5. The molecule has 0 saturated heterocycles. The minimum absolute atomic E-state index is 0.0885. The Hall–Kier alpha value is -2.64. The molecule has 0 aliphatic heterocycles. The van der Waals surface area contributed by atoms with Gasteiger partial charge in [0.1, 0.15) is 0 Å². The van der Waals surface area contributed by atoms with Gasteiger partial charge in [-0.3, -0.25) is 4.79 Å². The first kappa shape index (κ1) is 18.2. The molecule has 0 radical (unpaired) electrons. The number of anilines is 1. The summed E-state index contributed by atoms with van der Waals surface area (Å²) in [5, 5.41) is 3.86. The Bertz CT molecular complexity index is 1070. The Kier molecular flexibility index (Phi) is 4.84. The third-order valence-corrected chi connectivity index (χ3v) is 6.06. The molecule has 0 aliphatic rings. The number of amides is 1. The van der Waals surface area contributed by atoms with Crippen molar-refractivity contribution in [3.8, 4) is 0 Å². The average Bonchev–Trinajstić information content (AvgIpc) is 3.04. The standard InChI is InChI=1S/C19H21N3O3S/c1-4-22-11-10-14-12-16(8-9-18(14)22)20-19(23)15-6-5-7-17(13-15)26(24,25)21(2)3/h5-13H,4H2,1-3H3,(H,20,23). The number of nitrogens with zero attached hydrogens (tertiary/aromatic N) is 2. The fourth-order valence-corrected chi connectivity index (χ4v) is 3.71. The van der Waals surface area contributed by atoms with Crippen LogP contribution in [0.15, 0.2) is 59.6 Å². The van der Waals surface area contributed by atoms with Crippen LogP contribution < -0.4 is 5.32 Å². The van der Waals surface area contributed by atoms with Crippen molar-refractivity contribution in [1.82, 2.24) is 8.87 Å². The molecule has 0 saturated carbocycles. The van der Waals surface area contributed by atoms with Gasteiger partial charge in [-0.05, 0) is 49.4 Å². The van der Waals surface area contributed by atoms with Crippen molar-refractivity contribution in [2.24, 2.45) is 0 Å². The molecule has 3 rings (SSSR count). The van der Waals surface area contributed by atoms with Crippen molar-refractivity contribution < 1.29 is 13.2 Å². The van der Waals surface area contributed by atoms with E-state index in [-0.39, 0.29) is 10.8 Å². The van der Waals surface area contributed by atoms with Gasteiger partial charge in [-0.25, -0.2) is 12.7 Å². The van der Waals surface area contributed by atoms with Gasteiger partial charge in [0, 0.05) is 49.0 Å². The quantitative estimate of drug-likeness (QED) is 0.749. The molecular formula is C19H21N3O3S. The lowest BCUT2D eigenvalue weighted by atomic mass is 10.2. The van der Waals surface area contributed by atoms with E-state index in [0.717, 1.165) is 21.8 Å². The zero-order valence-corrected chi connectivity index (χ0v) is 15.7. The molecular weight excluding hydrogens is 350 g/mol. The van der Waals surface area contributed by atoms with Crippen molar-refractivity contribution >= 4 is 32.5 Å². The van der Waals surface area contributed by atoms with E-state index < -0.39 is 10.0 Å². The number of fused-ring (bicyclic) bond motifs is 1. The molecule has 1 amide bonds. The lowest BCUT2D eigenvalue weighted by molar-refractivity contribution is 0.102. The number of hydrogen-bond donors (Lipinski definition) is 1. The molecule has 1 heterocycles. The van der Waals surface area contributed by atoms with Gasteiger partial charge in [0.15, 0.2) is 0 Å². The molecule has 26 heavy (non-hydrogen) atoms. The molecule has 6 nitrogen and oxygen atoms in total. The summed E-state index contributed by atoms with van der Waals surface area (Å²) in [5.41, 5.74) is 2.06. The van der Waals surface area contributed by atoms with Gasteiger partial charge in [0.05, 0.1) is 4.90 Å². The van der Waals surface area contributed by atoms with E-state index in [1.54, 1.807) is 12.1 Å². The second-order valence-electron chi connectivity index (χ2n) is 6.14. The molecule has 0 aliphatic carbocycles. The summed E-state index contributed by atoms with van der Waals surface area (Å²) in [5.74, 6) is -0.352. The lowest BCUT2D eigenvalue weighted by Crippen LogP contribution is -2.22. The first-order valence-electron chi connectivity index (χ1n) is 8.26. The molecule has 0 fully saturated rings. The number of nitrogens with one attached hydrogen (secondary N) is 1. The molecule has 2 aromatic carbocycles. The summed E-state index contributed by atoms with van der Waals surface area (Å²) in [6.07, 6.45) is 2.01.